The Bertz CT molecular complexity index is 995. The van der Waals surface area contributed by atoms with E-state index in [0.29, 0.717) is 0 Å². The van der Waals surface area contributed by atoms with Crippen molar-refractivity contribution in [3.63, 3.8) is 0 Å². The molecular formula is C25H31N3O. The van der Waals surface area contributed by atoms with Gasteiger partial charge in [-0.05, 0) is 74.2 Å². The molecule has 1 N–H and O–H groups in total. The van der Waals surface area contributed by atoms with Crippen molar-refractivity contribution in [2.75, 3.05) is 32.7 Å². The van der Waals surface area contributed by atoms with Crippen LogP contribution in [0.25, 0.3) is 10.9 Å². The maximum Gasteiger partial charge on any atom is 0.253 e. The molecule has 0 unspecified atom stereocenters. The molecule has 0 saturated carbocycles. The Morgan fingerprint density at radius 1 is 0.966 bits per heavy atom. The molecule has 4 rings (SSSR count). The number of hydrogen-bond acceptors (Lipinski definition) is 2. The summed E-state index contributed by atoms with van der Waals surface area (Å²) in [4.78, 5) is 20.7. The lowest BCUT2D eigenvalue weighted by molar-refractivity contribution is 0.0637. The second-order valence-electron chi connectivity index (χ2n) is 8.26. The molecule has 1 saturated heterocycles. The van der Waals surface area contributed by atoms with Crippen molar-refractivity contribution in [2.24, 2.45) is 0 Å². The van der Waals surface area contributed by atoms with Gasteiger partial charge in [0, 0.05) is 48.3 Å². The average Bonchev–Trinajstić information content (AvgIpc) is 3.02. The third kappa shape index (κ3) is 4.23. The summed E-state index contributed by atoms with van der Waals surface area (Å²) < 4.78 is 0. The molecule has 1 aliphatic heterocycles. The van der Waals surface area contributed by atoms with Crippen molar-refractivity contribution in [3.05, 3.63) is 70.4 Å². The van der Waals surface area contributed by atoms with Gasteiger partial charge in [0.05, 0.1) is 0 Å². The van der Waals surface area contributed by atoms with Crippen LogP contribution in [-0.2, 0) is 6.42 Å². The summed E-state index contributed by atoms with van der Waals surface area (Å²) in [5, 5.41) is 1.30. The van der Waals surface area contributed by atoms with Gasteiger partial charge in [-0.25, -0.2) is 0 Å². The maximum atomic E-state index is 12.8. The number of nitrogens with zero attached hydrogens (tertiary/aromatic N) is 2. The highest BCUT2D eigenvalue weighted by atomic mass is 16.2. The lowest BCUT2D eigenvalue weighted by atomic mass is 10.0. The fourth-order valence-electron chi connectivity index (χ4n) is 4.29. The van der Waals surface area contributed by atoms with E-state index in [1.807, 2.05) is 17.0 Å². The van der Waals surface area contributed by atoms with E-state index < -0.39 is 0 Å². The van der Waals surface area contributed by atoms with Gasteiger partial charge in [-0.2, -0.15) is 0 Å². The Labute approximate surface area is 173 Å². The van der Waals surface area contributed by atoms with Crippen LogP contribution in [0.5, 0.6) is 0 Å². The van der Waals surface area contributed by atoms with Gasteiger partial charge in [0.25, 0.3) is 5.91 Å². The molecule has 0 bridgehead atoms. The highest BCUT2D eigenvalue weighted by molar-refractivity contribution is 5.94. The molecule has 1 amide bonds. The van der Waals surface area contributed by atoms with E-state index in [4.69, 9.17) is 0 Å². The van der Waals surface area contributed by atoms with E-state index >= 15 is 0 Å². The van der Waals surface area contributed by atoms with Gasteiger partial charge in [-0.1, -0.05) is 25.1 Å². The number of amides is 1. The van der Waals surface area contributed by atoms with Crippen molar-refractivity contribution in [1.82, 2.24) is 14.8 Å². The minimum Gasteiger partial charge on any atom is -0.358 e. The van der Waals surface area contributed by atoms with Crippen LogP contribution in [0, 0.1) is 13.8 Å². The zero-order chi connectivity index (χ0) is 20.4. The zero-order valence-corrected chi connectivity index (χ0v) is 17.8. The smallest absolute Gasteiger partial charge is 0.253 e. The van der Waals surface area contributed by atoms with Gasteiger partial charge in [0.15, 0.2) is 0 Å². The number of aryl methyl sites for hydroxylation is 2. The van der Waals surface area contributed by atoms with E-state index in [1.165, 1.54) is 39.7 Å². The lowest BCUT2D eigenvalue weighted by Crippen LogP contribution is -2.48. The zero-order valence-electron chi connectivity index (χ0n) is 17.8. The molecule has 4 heteroatoms. The van der Waals surface area contributed by atoms with E-state index in [2.05, 4.69) is 61.0 Å². The number of aromatic amines is 1. The predicted octanol–water partition coefficient (Wildman–Crippen LogP) is 4.54. The van der Waals surface area contributed by atoms with Crippen LogP contribution in [-0.4, -0.2) is 53.4 Å². The Hall–Kier alpha value is -2.59. The molecule has 1 fully saturated rings. The molecule has 2 aromatic carbocycles. The molecule has 29 heavy (non-hydrogen) atoms. The first-order valence-electron chi connectivity index (χ1n) is 10.7. The van der Waals surface area contributed by atoms with Crippen molar-refractivity contribution >= 4 is 16.8 Å². The van der Waals surface area contributed by atoms with Gasteiger partial charge in [0.1, 0.15) is 0 Å². The van der Waals surface area contributed by atoms with Crippen LogP contribution in [0.2, 0.25) is 0 Å². The molecule has 152 valence electrons. The maximum absolute atomic E-state index is 12.8. The number of carbonyl (C=O) groups is 1. The van der Waals surface area contributed by atoms with E-state index in [-0.39, 0.29) is 5.91 Å². The molecule has 4 nitrogen and oxygen atoms in total. The van der Waals surface area contributed by atoms with Gasteiger partial charge < -0.3 is 9.88 Å². The number of rotatable bonds is 5. The van der Waals surface area contributed by atoms with Gasteiger partial charge >= 0.3 is 0 Å². The van der Waals surface area contributed by atoms with E-state index in [9.17, 15) is 4.79 Å². The SMILES string of the molecule is CCCN1CCN(C(=O)c2ccc(Cc3ccc4[nH]c(C)c(C)c4c3)cc2)CC1. The Balaban J connectivity index is 1.41. The van der Waals surface area contributed by atoms with Crippen LogP contribution < -0.4 is 0 Å². The van der Waals surface area contributed by atoms with E-state index in [0.717, 1.165) is 44.7 Å². The summed E-state index contributed by atoms with van der Waals surface area (Å²) in [5.74, 6) is 0.160. The number of aromatic nitrogens is 1. The summed E-state index contributed by atoms with van der Waals surface area (Å²) in [5.41, 5.74) is 7.08. The molecule has 1 aromatic heterocycles. The summed E-state index contributed by atoms with van der Waals surface area (Å²) >= 11 is 0. The molecule has 2 heterocycles. The number of fused-ring (bicyclic) bond motifs is 1. The molecule has 1 aliphatic rings. The number of nitrogens with one attached hydrogen (secondary N) is 1. The van der Waals surface area contributed by atoms with Gasteiger partial charge in [-0.15, -0.1) is 0 Å². The highest BCUT2D eigenvalue weighted by Crippen LogP contribution is 2.23. The normalized spacial score (nSPS) is 15.2. The fraction of sp³-hybridized carbons (Fsp3) is 0.400. The standard InChI is InChI=1S/C25H31N3O/c1-4-11-27-12-14-28(15-13-27)25(29)22-8-5-20(6-9-22)16-21-7-10-24-23(17-21)18(2)19(3)26-24/h5-10,17,26H,4,11-16H2,1-3H3. The number of hydrogen-bond donors (Lipinski definition) is 1. The minimum absolute atomic E-state index is 0.160. The summed E-state index contributed by atoms with van der Waals surface area (Å²) in [6.07, 6.45) is 2.05. The number of piperazine rings is 1. The molecule has 0 aliphatic carbocycles. The molecule has 3 aromatic rings. The number of benzene rings is 2. The number of carbonyl (C=O) groups excluding carboxylic acids is 1. The minimum atomic E-state index is 0.160. The van der Waals surface area contributed by atoms with Crippen molar-refractivity contribution < 1.29 is 4.79 Å². The topological polar surface area (TPSA) is 39.3 Å². The first kappa shape index (κ1) is 19.7. The molecule has 0 atom stereocenters. The van der Waals surface area contributed by atoms with Gasteiger partial charge in [0.2, 0.25) is 0 Å². The van der Waals surface area contributed by atoms with Crippen LogP contribution >= 0.6 is 0 Å². The second-order valence-corrected chi connectivity index (χ2v) is 8.26. The Morgan fingerprint density at radius 2 is 1.66 bits per heavy atom. The summed E-state index contributed by atoms with van der Waals surface area (Å²) in [6, 6.07) is 14.8. The molecule has 0 radical (unpaired) electrons. The third-order valence-corrected chi connectivity index (χ3v) is 6.18. The Morgan fingerprint density at radius 3 is 2.34 bits per heavy atom. The van der Waals surface area contributed by atoms with Crippen LogP contribution in [0.1, 0.15) is 46.1 Å². The van der Waals surface area contributed by atoms with Crippen LogP contribution in [0.3, 0.4) is 0 Å². The van der Waals surface area contributed by atoms with Crippen molar-refractivity contribution in [1.29, 1.82) is 0 Å². The highest BCUT2D eigenvalue weighted by Gasteiger charge is 2.21. The number of H-pyrrole nitrogens is 1. The predicted molar refractivity (Wildman–Crippen MR) is 120 cm³/mol. The van der Waals surface area contributed by atoms with E-state index in [1.54, 1.807) is 0 Å². The second kappa shape index (κ2) is 8.42. The summed E-state index contributed by atoms with van der Waals surface area (Å²) in [7, 11) is 0. The van der Waals surface area contributed by atoms with Crippen LogP contribution in [0.15, 0.2) is 42.5 Å². The molecular weight excluding hydrogens is 358 g/mol. The largest absolute Gasteiger partial charge is 0.358 e. The van der Waals surface area contributed by atoms with Crippen LogP contribution in [0.4, 0.5) is 0 Å². The average molecular weight is 390 g/mol. The van der Waals surface area contributed by atoms with Crippen molar-refractivity contribution in [3.8, 4) is 0 Å². The van der Waals surface area contributed by atoms with Gasteiger partial charge in [-0.3, -0.25) is 9.69 Å². The quantitative estimate of drug-likeness (QED) is 0.696. The fourth-order valence-corrected chi connectivity index (χ4v) is 4.29. The monoisotopic (exact) mass is 389 g/mol. The Kier molecular flexibility index (Phi) is 5.72. The van der Waals surface area contributed by atoms with Crippen molar-refractivity contribution in [2.45, 2.75) is 33.6 Å². The summed E-state index contributed by atoms with van der Waals surface area (Å²) in [6.45, 7) is 11.2. The molecule has 0 spiro atoms. The lowest BCUT2D eigenvalue weighted by Gasteiger charge is -2.34. The first-order chi connectivity index (χ1) is 14.0. The third-order valence-electron chi connectivity index (χ3n) is 6.18. The first-order valence-corrected chi connectivity index (χ1v) is 10.7.